The molecule has 2 aromatic rings. The maximum Gasteiger partial charge on any atom is 0.433 e. The first-order valence-electron chi connectivity index (χ1n) is 5.77. The first-order valence-corrected chi connectivity index (χ1v) is 5.77. The van der Waals surface area contributed by atoms with Crippen LogP contribution in [0.1, 0.15) is 12.6 Å². The lowest BCUT2D eigenvalue weighted by Gasteiger charge is -2.09. The van der Waals surface area contributed by atoms with Gasteiger partial charge in [0.2, 0.25) is 0 Å². The molecule has 0 radical (unpaired) electrons. The van der Waals surface area contributed by atoms with E-state index in [1.165, 1.54) is 18.2 Å². The molecule has 0 saturated heterocycles. The van der Waals surface area contributed by atoms with E-state index in [4.69, 9.17) is 4.74 Å². The molecule has 0 fully saturated rings. The van der Waals surface area contributed by atoms with E-state index in [1.807, 2.05) is 0 Å². The van der Waals surface area contributed by atoms with E-state index in [0.717, 1.165) is 12.3 Å². The van der Waals surface area contributed by atoms with Gasteiger partial charge in [0.1, 0.15) is 17.2 Å². The fourth-order valence-electron chi connectivity index (χ4n) is 1.62. The van der Waals surface area contributed by atoms with Crippen LogP contribution < -0.4 is 4.74 Å². The smallest absolute Gasteiger partial charge is 0.433 e. The number of nitrogens with zero attached hydrogens (tertiary/aromatic N) is 2. The van der Waals surface area contributed by atoms with Crippen molar-refractivity contribution in [3.63, 3.8) is 0 Å². The Labute approximate surface area is 112 Å². The summed E-state index contributed by atoms with van der Waals surface area (Å²) in [6, 6.07) is 4.90. The maximum absolute atomic E-state index is 12.6. The third kappa shape index (κ3) is 3.17. The van der Waals surface area contributed by atoms with E-state index >= 15 is 0 Å². The van der Waals surface area contributed by atoms with Gasteiger partial charge in [-0.25, -0.2) is 9.97 Å². The van der Waals surface area contributed by atoms with E-state index in [0.29, 0.717) is 12.4 Å². The zero-order chi connectivity index (χ0) is 14.8. The van der Waals surface area contributed by atoms with Gasteiger partial charge in [0, 0.05) is 17.8 Å². The SMILES string of the molecule is CCOc1cc(O)cc(-c2nccc(C(F)(F)F)n2)c1. The first kappa shape index (κ1) is 14.1. The molecule has 0 saturated carbocycles. The molecule has 1 N–H and O–H groups in total. The second kappa shape index (κ2) is 5.36. The Kier molecular flexibility index (Phi) is 3.78. The number of alkyl halides is 3. The van der Waals surface area contributed by atoms with Crippen molar-refractivity contribution in [2.45, 2.75) is 13.1 Å². The van der Waals surface area contributed by atoms with Crippen LogP contribution in [0.4, 0.5) is 13.2 Å². The van der Waals surface area contributed by atoms with Crippen LogP contribution in [0.2, 0.25) is 0 Å². The lowest BCUT2D eigenvalue weighted by molar-refractivity contribution is -0.141. The number of halogens is 3. The van der Waals surface area contributed by atoms with Crippen LogP contribution in [0, 0.1) is 0 Å². The second-order valence-electron chi connectivity index (χ2n) is 3.91. The standard InChI is InChI=1S/C13H11F3N2O2/c1-2-20-10-6-8(5-9(19)7-10)12-17-4-3-11(18-12)13(14,15)16/h3-7,19H,2H2,1H3. The fourth-order valence-corrected chi connectivity index (χ4v) is 1.62. The molecule has 1 aromatic carbocycles. The van der Waals surface area contributed by atoms with Gasteiger partial charge in [-0.2, -0.15) is 13.2 Å². The summed E-state index contributed by atoms with van der Waals surface area (Å²) in [5.41, 5.74) is -0.789. The summed E-state index contributed by atoms with van der Waals surface area (Å²) < 4.78 is 43.0. The zero-order valence-electron chi connectivity index (χ0n) is 10.5. The molecule has 1 heterocycles. The van der Waals surface area contributed by atoms with Crippen LogP contribution >= 0.6 is 0 Å². The van der Waals surface area contributed by atoms with Crippen LogP contribution in [0.3, 0.4) is 0 Å². The van der Waals surface area contributed by atoms with Crippen molar-refractivity contribution in [3.05, 3.63) is 36.2 Å². The van der Waals surface area contributed by atoms with Crippen molar-refractivity contribution in [2.24, 2.45) is 0 Å². The molecule has 0 atom stereocenters. The summed E-state index contributed by atoms with van der Waals surface area (Å²) in [7, 11) is 0. The van der Waals surface area contributed by atoms with E-state index in [1.54, 1.807) is 6.92 Å². The molecule has 0 aliphatic carbocycles. The molecule has 20 heavy (non-hydrogen) atoms. The molecule has 0 bridgehead atoms. The summed E-state index contributed by atoms with van der Waals surface area (Å²) in [6.07, 6.45) is -3.52. The number of aromatic hydroxyl groups is 1. The molecule has 7 heteroatoms. The molecular formula is C13H11F3N2O2. The van der Waals surface area contributed by atoms with Gasteiger partial charge in [-0.15, -0.1) is 0 Å². The molecule has 0 aliphatic rings. The second-order valence-corrected chi connectivity index (χ2v) is 3.91. The highest BCUT2D eigenvalue weighted by Gasteiger charge is 2.32. The summed E-state index contributed by atoms with van der Waals surface area (Å²) in [6.45, 7) is 2.12. The Morgan fingerprint density at radius 1 is 1.25 bits per heavy atom. The Morgan fingerprint density at radius 2 is 2.00 bits per heavy atom. The summed E-state index contributed by atoms with van der Waals surface area (Å²) in [4.78, 5) is 7.24. The van der Waals surface area contributed by atoms with Crippen LogP contribution in [-0.2, 0) is 6.18 Å². The number of ether oxygens (including phenoxy) is 1. The predicted molar refractivity (Wildman–Crippen MR) is 65.3 cm³/mol. The van der Waals surface area contributed by atoms with Crippen LogP contribution in [0.5, 0.6) is 11.5 Å². The Morgan fingerprint density at radius 3 is 2.65 bits per heavy atom. The van der Waals surface area contributed by atoms with Gasteiger partial charge in [-0.05, 0) is 25.1 Å². The van der Waals surface area contributed by atoms with Gasteiger partial charge < -0.3 is 9.84 Å². The molecular weight excluding hydrogens is 273 g/mol. The number of phenols is 1. The number of hydrogen-bond acceptors (Lipinski definition) is 4. The molecule has 0 unspecified atom stereocenters. The van der Waals surface area contributed by atoms with Gasteiger partial charge >= 0.3 is 6.18 Å². The molecule has 106 valence electrons. The molecule has 2 rings (SSSR count). The van der Waals surface area contributed by atoms with Crippen molar-refractivity contribution in [1.29, 1.82) is 0 Å². The Bertz CT molecular complexity index is 615. The van der Waals surface area contributed by atoms with Crippen molar-refractivity contribution in [1.82, 2.24) is 9.97 Å². The molecule has 0 aliphatic heterocycles. The maximum atomic E-state index is 12.6. The number of rotatable bonds is 3. The average molecular weight is 284 g/mol. The molecule has 0 spiro atoms. The van der Waals surface area contributed by atoms with Crippen molar-refractivity contribution in [2.75, 3.05) is 6.61 Å². The highest BCUT2D eigenvalue weighted by atomic mass is 19.4. The minimum Gasteiger partial charge on any atom is -0.508 e. The van der Waals surface area contributed by atoms with E-state index in [9.17, 15) is 18.3 Å². The highest BCUT2D eigenvalue weighted by molar-refractivity contribution is 5.60. The minimum atomic E-state index is -4.54. The monoisotopic (exact) mass is 284 g/mol. The van der Waals surface area contributed by atoms with Gasteiger partial charge in [-0.3, -0.25) is 0 Å². The predicted octanol–water partition coefficient (Wildman–Crippen LogP) is 3.27. The number of aromatic nitrogens is 2. The highest BCUT2D eigenvalue weighted by Crippen LogP contribution is 2.31. The zero-order valence-corrected chi connectivity index (χ0v) is 10.5. The Balaban J connectivity index is 2.46. The largest absolute Gasteiger partial charge is 0.508 e. The third-order valence-corrected chi connectivity index (χ3v) is 2.41. The fraction of sp³-hybridized carbons (Fsp3) is 0.231. The topological polar surface area (TPSA) is 55.2 Å². The van der Waals surface area contributed by atoms with Crippen LogP contribution in [-0.4, -0.2) is 21.7 Å². The molecule has 4 nitrogen and oxygen atoms in total. The van der Waals surface area contributed by atoms with E-state index in [-0.39, 0.29) is 17.1 Å². The van der Waals surface area contributed by atoms with Crippen molar-refractivity contribution >= 4 is 0 Å². The summed E-state index contributed by atoms with van der Waals surface area (Å²) in [5.74, 6) is 0.0761. The van der Waals surface area contributed by atoms with Gasteiger partial charge in [0.05, 0.1) is 6.61 Å². The number of phenolic OH excluding ortho intramolecular Hbond substituents is 1. The van der Waals surface area contributed by atoms with E-state index in [2.05, 4.69) is 9.97 Å². The quantitative estimate of drug-likeness (QED) is 0.939. The summed E-state index contributed by atoms with van der Waals surface area (Å²) in [5, 5.41) is 9.55. The normalized spacial score (nSPS) is 11.4. The molecule has 0 amide bonds. The van der Waals surface area contributed by atoms with Crippen molar-refractivity contribution in [3.8, 4) is 22.9 Å². The van der Waals surface area contributed by atoms with Crippen LogP contribution in [0.15, 0.2) is 30.5 Å². The minimum absolute atomic E-state index is 0.128. The van der Waals surface area contributed by atoms with Gasteiger partial charge in [0.25, 0.3) is 0 Å². The number of benzene rings is 1. The summed E-state index contributed by atoms with van der Waals surface area (Å²) >= 11 is 0. The van der Waals surface area contributed by atoms with Crippen molar-refractivity contribution < 1.29 is 23.0 Å². The Hall–Kier alpha value is -2.31. The van der Waals surface area contributed by atoms with Gasteiger partial charge in [-0.1, -0.05) is 0 Å². The third-order valence-electron chi connectivity index (χ3n) is 2.41. The lowest BCUT2D eigenvalue weighted by Crippen LogP contribution is -2.09. The van der Waals surface area contributed by atoms with Crippen LogP contribution in [0.25, 0.3) is 11.4 Å². The first-order chi connectivity index (χ1) is 9.40. The van der Waals surface area contributed by atoms with Gasteiger partial charge in [0.15, 0.2) is 5.82 Å². The number of hydrogen-bond donors (Lipinski definition) is 1. The van der Waals surface area contributed by atoms with E-state index < -0.39 is 11.9 Å². The average Bonchev–Trinajstić information content (AvgIpc) is 2.37. The lowest BCUT2D eigenvalue weighted by atomic mass is 10.2. The molecule has 1 aromatic heterocycles.